The molecule has 0 aromatic rings. The van der Waals surface area contributed by atoms with Gasteiger partial charge < -0.3 is 28.7 Å². The first-order valence-corrected chi connectivity index (χ1v) is 7.97. The summed E-state index contributed by atoms with van der Waals surface area (Å²) >= 11 is 0. The Balaban J connectivity index is 2.63. The predicted octanol–water partition coefficient (Wildman–Crippen LogP) is -0.746. The normalized spacial score (nSPS) is 32.5. The molecule has 1 rings (SSSR count). The van der Waals surface area contributed by atoms with Crippen LogP contribution in [0.1, 0.15) is 6.42 Å². The van der Waals surface area contributed by atoms with Crippen LogP contribution in [0.5, 0.6) is 0 Å². The highest BCUT2D eigenvalue weighted by molar-refractivity contribution is 7.52. The molecule has 1 aliphatic heterocycles. The van der Waals surface area contributed by atoms with Gasteiger partial charge >= 0.3 is 7.60 Å². The number of hydrogen-bond donors (Lipinski definition) is 2. The van der Waals surface area contributed by atoms with Gasteiger partial charge in [0.1, 0.15) is 20.1 Å². The molecular weight excluding hydrogens is 293 g/mol. The van der Waals surface area contributed by atoms with E-state index in [9.17, 15) is 8.96 Å². The average Bonchev–Trinajstić information content (AvgIpc) is 2.64. The first-order valence-electron chi connectivity index (χ1n) is 6.29. The smallest absolute Gasteiger partial charge is 0.359 e. The number of halogens is 1. The molecule has 1 fully saturated rings. The lowest BCUT2D eigenvalue weighted by Gasteiger charge is -2.23. The summed E-state index contributed by atoms with van der Waals surface area (Å²) in [6.07, 6.45) is -2.20. The minimum atomic E-state index is -4.77. The lowest BCUT2D eigenvalue weighted by molar-refractivity contribution is -0.0561. The fraction of sp³-hybridized carbons (Fsp3) is 1.00. The van der Waals surface area contributed by atoms with E-state index in [2.05, 4.69) is 0 Å². The Morgan fingerprint density at radius 3 is 2.50 bits per heavy atom. The quantitative estimate of drug-likeness (QED) is 0.346. The summed E-state index contributed by atoms with van der Waals surface area (Å²) in [5.74, 6) is -2.27. The summed E-state index contributed by atoms with van der Waals surface area (Å²) in [6, 6.07) is -0.356. The third kappa shape index (κ3) is 4.77. The second-order valence-electron chi connectivity index (χ2n) is 4.67. The van der Waals surface area contributed by atoms with Crippen molar-refractivity contribution in [2.45, 2.75) is 36.6 Å². The SMILES string of the molecule is B[C@@H]1O[C@H](CC(F)P(=O)(O)O)[C@@H](OC)[C@H]1OCCOC. The van der Waals surface area contributed by atoms with Gasteiger partial charge in [-0.15, -0.1) is 0 Å². The molecule has 0 bridgehead atoms. The first-order chi connectivity index (χ1) is 9.31. The van der Waals surface area contributed by atoms with Crippen molar-refractivity contribution < 1.29 is 37.7 Å². The van der Waals surface area contributed by atoms with E-state index in [1.165, 1.54) is 7.11 Å². The molecule has 1 saturated heterocycles. The van der Waals surface area contributed by atoms with E-state index >= 15 is 0 Å². The van der Waals surface area contributed by atoms with Gasteiger partial charge in [-0.25, -0.2) is 4.39 Å². The zero-order valence-electron chi connectivity index (χ0n) is 11.8. The minimum Gasteiger partial charge on any atom is -0.382 e. The molecule has 2 N–H and O–H groups in total. The summed E-state index contributed by atoms with van der Waals surface area (Å²) in [6.45, 7) is 0.734. The van der Waals surface area contributed by atoms with Crippen molar-refractivity contribution in [1.82, 2.24) is 0 Å². The van der Waals surface area contributed by atoms with Crippen LogP contribution in [0.15, 0.2) is 0 Å². The van der Waals surface area contributed by atoms with Crippen LogP contribution >= 0.6 is 7.60 Å². The maximum atomic E-state index is 13.5. The number of ether oxygens (including phenoxy) is 4. The molecule has 0 aromatic heterocycles. The van der Waals surface area contributed by atoms with E-state index in [-0.39, 0.29) is 6.00 Å². The van der Waals surface area contributed by atoms with Crippen LogP contribution in [0.25, 0.3) is 0 Å². The molecule has 1 heterocycles. The van der Waals surface area contributed by atoms with E-state index in [1.807, 2.05) is 0 Å². The zero-order valence-corrected chi connectivity index (χ0v) is 12.7. The van der Waals surface area contributed by atoms with Crippen molar-refractivity contribution in [1.29, 1.82) is 0 Å². The highest BCUT2D eigenvalue weighted by Gasteiger charge is 2.46. The molecule has 20 heavy (non-hydrogen) atoms. The lowest BCUT2D eigenvalue weighted by atomic mass is 9.92. The Bertz CT molecular complexity index is 342. The van der Waals surface area contributed by atoms with Gasteiger partial charge in [-0.1, -0.05) is 0 Å². The van der Waals surface area contributed by atoms with Crippen LogP contribution < -0.4 is 0 Å². The lowest BCUT2D eigenvalue weighted by Crippen LogP contribution is -2.38. The van der Waals surface area contributed by atoms with Gasteiger partial charge in [0.2, 0.25) is 5.91 Å². The van der Waals surface area contributed by atoms with Gasteiger partial charge in [0, 0.05) is 20.6 Å². The molecule has 0 saturated carbocycles. The molecule has 0 radical (unpaired) electrons. The molecule has 0 aliphatic carbocycles. The molecule has 10 heteroatoms. The van der Waals surface area contributed by atoms with E-state index in [1.54, 1.807) is 15.0 Å². The van der Waals surface area contributed by atoms with Crippen LogP contribution in [0.2, 0.25) is 0 Å². The average molecular weight is 314 g/mol. The highest BCUT2D eigenvalue weighted by atomic mass is 31.2. The topological polar surface area (TPSA) is 94.5 Å². The van der Waals surface area contributed by atoms with Crippen molar-refractivity contribution in [2.24, 2.45) is 0 Å². The third-order valence-corrected chi connectivity index (χ3v) is 4.14. The monoisotopic (exact) mass is 314 g/mol. The molecule has 1 aliphatic rings. The molecule has 0 spiro atoms. The molecule has 0 aromatic carbocycles. The third-order valence-electron chi connectivity index (χ3n) is 3.20. The van der Waals surface area contributed by atoms with Crippen molar-refractivity contribution in [3.05, 3.63) is 0 Å². The van der Waals surface area contributed by atoms with Gasteiger partial charge in [-0.2, -0.15) is 0 Å². The van der Waals surface area contributed by atoms with Crippen LogP contribution in [0.3, 0.4) is 0 Å². The Labute approximate surface area is 118 Å². The van der Waals surface area contributed by atoms with Crippen LogP contribution in [0.4, 0.5) is 4.39 Å². The van der Waals surface area contributed by atoms with Gasteiger partial charge in [-0.3, -0.25) is 4.57 Å². The maximum Gasteiger partial charge on any atom is 0.359 e. The van der Waals surface area contributed by atoms with E-state index in [0.29, 0.717) is 13.2 Å². The maximum absolute atomic E-state index is 13.5. The minimum absolute atomic E-state index is 0.332. The second kappa shape index (κ2) is 7.84. The van der Waals surface area contributed by atoms with Gasteiger partial charge in [0.25, 0.3) is 0 Å². The van der Waals surface area contributed by atoms with E-state index in [4.69, 9.17) is 28.7 Å². The van der Waals surface area contributed by atoms with Crippen molar-refractivity contribution in [2.75, 3.05) is 27.4 Å². The number of alkyl halides is 1. The summed E-state index contributed by atoms with van der Waals surface area (Å²) in [7, 11) is -0.0596. The summed E-state index contributed by atoms with van der Waals surface area (Å²) in [4.78, 5) is 17.6. The van der Waals surface area contributed by atoms with Gasteiger partial charge in [-0.05, 0) is 0 Å². The Hall–Kier alpha value is -0.0151. The second-order valence-corrected chi connectivity index (χ2v) is 6.41. The highest BCUT2D eigenvalue weighted by Crippen LogP contribution is 2.45. The number of rotatable bonds is 8. The van der Waals surface area contributed by atoms with Crippen molar-refractivity contribution >= 4 is 15.4 Å². The molecule has 5 atom stereocenters. The fourth-order valence-corrected chi connectivity index (χ4v) is 2.69. The standard InChI is InChI=1S/C10H21BFO7P/c1-16-3-4-18-9-8(17-2)6(19-10(9)11)5-7(12)20(13,14)15/h6-10H,3-5,11H2,1-2H3,(H2,13,14,15)/t6-,7?,8-,9-,10-/m1/s1. The molecular formula is C10H21BFO7P. The first kappa shape index (κ1) is 18.0. The number of methoxy groups -OCH3 is 2. The Morgan fingerprint density at radius 2 is 2.00 bits per heavy atom. The van der Waals surface area contributed by atoms with Gasteiger partial charge in [0.05, 0.1) is 25.3 Å². The van der Waals surface area contributed by atoms with Crippen LogP contribution in [-0.4, -0.2) is 75.3 Å². The molecule has 1 unspecified atom stereocenters. The van der Waals surface area contributed by atoms with Crippen LogP contribution in [0, 0.1) is 0 Å². The number of hydrogen-bond acceptors (Lipinski definition) is 5. The van der Waals surface area contributed by atoms with Gasteiger partial charge in [0.15, 0.2) is 0 Å². The molecule has 0 amide bonds. The van der Waals surface area contributed by atoms with Crippen molar-refractivity contribution in [3.63, 3.8) is 0 Å². The van der Waals surface area contributed by atoms with Crippen LogP contribution in [-0.2, 0) is 23.5 Å². The zero-order chi connectivity index (χ0) is 15.3. The fourth-order valence-electron chi connectivity index (χ4n) is 2.21. The molecule has 118 valence electrons. The van der Waals surface area contributed by atoms with Crippen molar-refractivity contribution in [3.8, 4) is 0 Å². The summed E-state index contributed by atoms with van der Waals surface area (Å²) in [5.41, 5.74) is 0. The Morgan fingerprint density at radius 1 is 1.35 bits per heavy atom. The largest absolute Gasteiger partial charge is 0.382 e. The predicted molar refractivity (Wildman–Crippen MR) is 71.2 cm³/mol. The molecule has 7 nitrogen and oxygen atoms in total. The Kier molecular flexibility index (Phi) is 7.07. The summed E-state index contributed by atoms with van der Waals surface area (Å²) in [5, 5.41) is 0. The van der Waals surface area contributed by atoms with E-state index in [0.717, 1.165) is 0 Å². The summed E-state index contributed by atoms with van der Waals surface area (Å²) < 4.78 is 45.5. The van der Waals surface area contributed by atoms with E-state index < -0.39 is 38.2 Å².